The van der Waals surface area contributed by atoms with Crippen LogP contribution in [0.3, 0.4) is 0 Å². The molecule has 2 rings (SSSR count). The zero-order chi connectivity index (χ0) is 14.6. The van der Waals surface area contributed by atoms with Crippen LogP contribution in [-0.4, -0.2) is 55.2 Å². The summed E-state index contributed by atoms with van der Waals surface area (Å²) < 4.78 is 36.2. The van der Waals surface area contributed by atoms with Crippen LogP contribution in [0.2, 0.25) is 0 Å². The monoisotopic (exact) mass is 293 g/mol. The molecule has 0 aromatic carbocycles. The summed E-state index contributed by atoms with van der Waals surface area (Å²) in [5.74, 6) is -0.537. The highest BCUT2D eigenvalue weighted by Gasteiger charge is 2.33. The SMILES string of the molecule is O=C(CN(CC1CCCCN1)C1CC1)NCC(F)(F)F. The molecule has 1 saturated heterocycles. The van der Waals surface area contributed by atoms with Crippen molar-refractivity contribution in [2.45, 2.75) is 50.4 Å². The third kappa shape index (κ3) is 5.66. The van der Waals surface area contributed by atoms with Crippen molar-refractivity contribution in [2.24, 2.45) is 0 Å². The summed E-state index contributed by atoms with van der Waals surface area (Å²) in [6.07, 6.45) is 1.17. The normalized spacial score (nSPS) is 23.9. The number of rotatable bonds is 6. The summed E-state index contributed by atoms with van der Waals surface area (Å²) in [5.41, 5.74) is 0. The van der Waals surface area contributed by atoms with Gasteiger partial charge in [0.05, 0.1) is 6.54 Å². The summed E-state index contributed by atoms with van der Waals surface area (Å²) in [6, 6.07) is 0.732. The van der Waals surface area contributed by atoms with Gasteiger partial charge in [-0.25, -0.2) is 0 Å². The number of amides is 1. The lowest BCUT2D eigenvalue weighted by Crippen LogP contribution is -2.48. The van der Waals surface area contributed by atoms with Crippen LogP contribution in [0.15, 0.2) is 0 Å². The van der Waals surface area contributed by atoms with Gasteiger partial charge in [0.1, 0.15) is 6.54 Å². The maximum absolute atomic E-state index is 12.1. The minimum Gasteiger partial charge on any atom is -0.346 e. The van der Waals surface area contributed by atoms with Crippen LogP contribution in [0.4, 0.5) is 13.2 Å². The minimum atomic E-state index is -4.34. The Bertz CT molecular complexity index is 325. The van der Waals surface area contributed by atoms with E-state index >= 15 is 0 Å². The molecule has 2 fully saturated rings. The molecule has 0 aromatic rings. The van der Waals surface area contributed by atoms with Gasteiger partial charge in [0, 0.05) is 18.6 Å². The standard InChI is InChI=1S/C13H22F3N3O/c14-13(15,16)9-18-12(20)8-19(11-4-5-11)7-10-3-1-2-6-17-10/h10-11,17H,1-9H2,(H,18,20). The van der Waals surface area contributed by atoms with Crippen molar-refractivity contribution in [3.63, 3.8) is 0 Å². The Balaban J connectivity index is 1.75. The summed E-state index contributed by atoms with van der Waals surface area (Å²) in [5, 5.41) is 5.36. The van der Waals surface area contributed by atoms with E-state index in [4.69, 9.17) is 0 Å². The number of carbonyl (C=O) groups excluding carboxylic acids is 1. The molecular weight excluding hydrogens is 271 g/mol. The van der Waals surface area contributed by atoms with E-state index in [1.54, 1.807) is 0 Å². The molecule has 1 aliphatic heterocycles. The molecule has 0 radical (unpaired) electrons. The number of alkyl halides is 3. The van der Waals surface area contributed by atoms with Gasteiger partial charge in [-0.05, 0) is 32.2 Å². The van der Waals surface area contributed by atoms with Crippen LogP contribution < -0.4 is 10.6 Å². The number of halogens is 3. The fourth-order valence-electron chi connectivity index (χ4n) is 2.58. The summed E-state index contributed by atoms with van der Waals surface area (Å²) in [4.78, 5) is 13.6. The minimum absolute atomic E-state index is 0.0684. The first-order chi connectivity index (χ1) is 9.44. The highest BCUT2D eigenvalue weighted by Crippen LogP contribution is 2.27. The maximum atomic E-state index is 12.1. The van der Waals surface area contributed by atoms with Crippen LogP contribution in [0.5, 0.6) is 0 Å². The van der Waals surface area contributed by atoms with Gasteiger partial charge in [-0.3, -0.25) is 9.69 Å². The van der Waals surface area contributed by atoms with Gasteiger partial charge < -0.3 is 10.6 Å². The van der Waals surface area contributed by atoms with Crippen LogP contribution >= 0.6 is 0 Å². The van der Waals surface area contributed by atoms with Crippen molar-refractivity contribution in [3.05, 3.63) is 0 Å². The Labute approximate surface area is 117 Å². The Morgan fingerprint density at radius 2 is 2.00 bits per heavy atom. The molecule has 116 valence electrons. The zero-order valence-electron chi connectivity index (χ0n) is 11.5. The van der Waals surface area contributed by atoms with Gasteiger partial charge in [0.15, 0.2) is 0 Å². The van der Waals surface area contributed by atoms with Gasteiger partial charge in [0.2, 0.25) is 5.91 Å². The predicted octanol–water partition coefficient (Wildman–Crippen LogP) is 1.27. The molecule has 7 heteroatoms. The smallest absolute Gasteiger partial charge is 0.346 e. The van der Waals surface area contributed by atoms with Crippen LogP contribution in [0.25, 0.3) is 0 Å². The highest BCUT2D eigenvalue weighted by atomic mass is 19.4. The molecule has 1 aliphatic carbocycles. The lowest BCUT2D eigenvalue weighted by molar-refractivity contribution is -0.139. The zero-order valence-corrected chi connectivity index (χ0v) is 11.5. The van der Waals surface area contributed by atoms with E-state index in [0.29, 0.717) is 12.1 Å². The number of nitrogens with zero attached hydrogens (tertiary/aromatic N) is 1. The number of nitrogens with one attached hydrogen (secondary N) is 2. The maximum Gasteiger partial charge on any atom is 0.405 e. The average molecular weight is 293 g/mol. The molecule has 20 heavy (non-hydrogen) atoms. The number of carbonyl (C=O) groups is 1. The fraction of sp³-hybridized carbons (Fsp3) is 0.923. The summed E-state index contributed by atoms with van der Waals surface area (Å²) in [6.45, 7) is 0.568. The molecular formula is C13H22F3N3O. The largest absolute Gasteiger partial charge is 0.405 e. The third-order valence-electron chi connectivity index (χ3n) is 3.76. The first-order valence-electron chi connectivity index (χ1n) is 7.25. The molecule has 0 aromatic heterocycles. The number of hydrogen-bond acceptors (Lipinski definition) is 3. The van der Waals surface area contributed by atoms with E-state index in [1.165, 1.54) is 12.8 Å². The summed E-state index contributed by atoms with van der Waals surface area (Å²) in [7, 11) is 0. The van der Waals surface area contributed by atoms with Crippen molar-refractivity contribution < 1.29 is 18.0 Å². The average Bonchev–Trinajstić information content (AvgIpc) is 3.20. The molecule has 2 N–H and O–H groups in total. The van der Waals surface area contributed by atoms with E-state index in [1.807, 2.05) is 10.2 Å². The van der Waals surface area contributed by atoms with E-state index in [9.17, 15) is 18.0 Å². The van der Waals surface area contributed by atoms with Gasteiger partial charge in [-0.1, -0.05) is 6.42 Å². The molecule has 2 aliphatic rings. The lowest BCUT2D eigenvalue weighted by atomic mass is 10.0. The molecule has 1 saturated carbocycles. The Kier molecular flexibility index (Phi) is 5.26. The van der Waals surface area contributed by atoms with Gasteiger partial charge in [-0.15, -0.1) is 0 Å². The van der Waals surface area contributed by atoms with Crippen LogP contribution in [0.1, 0.15) is 32.1 Å². The van der Waals surface area contributed by atoms with Gasteiger partial charge in [0.25, 0.3) is 0 Å². The molecule has 0 bridgehead atoms. The first-order valence-corrected chi connectivity index (χ1v) is 7.25. The summed E-state index contributed by atoms with van der Waals surface area (Å²) >= 11 is 0. The van der Waals surface area contributed by atoms with Crippen molar-refractivity contribution in [1.29, 1.82) is 0 Å². The highest BCUT2D eigenvalue weighted by molar-refractivity contribution is 5.78. The van der Waals surface area contributed by atoms with E-state index in [2.05, 4.69) is 5.32 Å². The van der Waals surface area contributed by atoms with E-state index in [0.717, 1.165) is 32.4 Å². The van der Waals surface area contributed by atoms with Crippen LogP contribution in [-0.2, 0) is 4.79 Å². The second kappa shape index (κ2) is 6.76. The lowest BCUT2D eigenvalue weighted by Gasteiger charge is -2.30. The number of hydrogen-bond donors (Lipinski definition) is 2. The van der Waals surface area contributed by atoms with E-state index < -0.39 is 18.6 Å². The van der Waals surface area contributed by atoms with Crippen molar-refractivity contribution >= 4 is 5.91 Å². The predicted molar refractivity (Wildman–Crippen MR) is 69.3 cm³/mol. The second-order valence-corrected chi connectivity index (χ2v) is 5.70. The fourth-order valence-corrected chi connectivity index (χ4v) is 2.58. The van der Waals surface area contributed by atoms with Gasteiger partial charge >= 0.3 is 6.18 Å². The molecule has 1 unspecified atom stereocenters. The second-order valence-electron chi connectivity index (χ2n) is 5.70. The Morgan fingerprint density at radius 3 is 2.55 bits per heavy atom. The quantitative estimate of drug-likeness (QED) is 0.775. The van der Waals surface area contributed by atoms with Crippen molar-refractivity contribution in [1.82, 2.24) is 15.5 Å². The molecule has 0 spiro atoms. The van der Waals surface area contributed by atoms with Crippen molar-refractivity contribution in [2.75, 3.05) is 26.2 Å². The first kappa shape index (κ1) is 15.6. The Morgan fingerprint density at radius 1 is 1.25 bits per heavy atom. The molecule has 1 heterocycles. The molecule has 1 atom stereocenters. The molecule has 4 nitrogen and oxygen atoms in total. The van der Waals surface area contributed by atoms with Gasteiger partial charge in [-0.2, -0.15) is 13.2 Å². The molecule has 1 amide bonds. The van der Waals surface area contributed by atoms with E-state index in [-0.39, 0.29) is 6.54 Å². The van der Waals surface area contributed by atoms with Crippen molar-refractivity contribution in [3.8, 4) is 0 Å². The topological polar surface area (TPSA) is 44.4 Å². The Hall–Kier alpha value is -0.820. The number of piperidine rings is 1. The third-order valence-corrected chi connectivity index (χ3v) is 3.76. The van der Waals surface area contributed by atoms with Crippen LogP contribution in [0, 0.1) is 0 Å².